The third kappa shape index (κ3) is 9.67. The van der Waals surface area contributed by atoms with E-state index in [0.717, 1.165) is 37.0 Å². The normalized spacial score (nSPS) is 14.3. The maximum Gasteiger partial charge on any atom is 0.305 e. The van der Waals surface area contributed by atoms with E-state index >= 15 is 0 Å². The molecule has 0 bridgehead atoms. The average molecular weight is 627 g/mol. The highest BCUT2D eigenvalue weighted by Gasteiger charge is 2.41. The fourth-order valence-corrected chi connectivity index (χ4v) is 7.30. The molecule has 2 rings (SSSR count). The van der Waals surface area contributed by atoms with Gasteiger partial charge in [-0.05, 0) is 103 Å². The van der Waals surface area contributed by atoms with Crippen molar-refractivity contribution in [3.8, 4) is 5.75 Å². The molecule has 2 aromatic rings. The van der Waals surface area contributed by atoms with Crippen LogP contribution in [0.1, 0.15) is 115 Å². The third-order valence-electron chi connectivity index (χ3n) is 10.1. The first-order chi connectivity index (χ1) is 20.3. The molecule has 5 nitrogen and oxygen atoms in total. The Hall–Kier alpha value is -2.15. The molecule has 248 valence electrons. The summed E-state index contributed by atoms with van der Waals surface area (Å²) in [5.74, 6) is 0.430. The first-order valence-corrected chi connectivity index (χ1v) is 19.5. The van der Waals surface area contributed by atoms with Crippen molar-refractivity contribution in [3.63, 3.8) is 0 Å². The van der Waals surface area contributed by atoms with Gasteiger partial charge < -0.3 is 19.0 Å². The van der Waals surface area contributed by atoms with Crippen LogP contribution < -0.4 is 4.74 Å². The van der Waals surface area contributed by atoms with E-state index in [9.17, 15) is 9.90 Å². The van der Waals surface area contributed by atoms with Crippen molar-refractivity contribution in [1.29, 1.82) is 0 Å². The van der Waals surface area contributed by atoms with Gasteiger partial charge in [-0.3, -0.25) is 4.79 Å². The van der Waals surface area contributed by atoms with Gasteiger partial charge >= 0.3 is 5.97 Å². The summed E-state index contributed by atoms with van der Waals surface area (Å²) >= 11 is 0. The van der Waals surface area contributed by atoms with Crippen molar-refractivity contribution in [3.05, 3.63) is 64.2 Å². The predicted octanol–water partition coefficient (Wildman–Crippen LogP) is 9.47. The molecular weight excluding hydrogens is 564 g/mol. The Labute approximate surface area is 270 Å². The Morgan fingerprint density at radius 3 is 1.93 bits per heavy atom. The van der Waals surface area contributed by atoms with Crippen molar-refractivity contribution in [1.82, 2.24) is 0 Å². The van der Waals surface area contributed by atoms with Gasteiger partial charge in [0, 0.05) is 11.8 Å². The van der Waals surface area contributed by atoms with Crippen LogP contribution in [0.25, 0.3) is 0 Å². The highest BCUT2D eigenvalue weighted by Crippen LogP contribution is 2.42. The molecule has 0 heterocycles. The fraction of sp³-hybridized carbons (Fsp3) is 0.658. The summed E-state index contributed by atoms with van der Waals surface area (Å²) in [6.45, 7) is 27.6. The average Bonchev–Trinajstić information content (AvgIpc) is 2.93. The molecular formula is C38H62O5Si. The van der Waals surface area contributed by atoms with Crippen LogP contribution >= 0.6 is 0 Å². The topological polar surface area (TPSA) is 65.0 Å². The summed E-state index contributed by atoms with van der Waals surface area (Å²) < 4.78 is 17.6. The number of ether oxygens (including phenoxy) is 2. The number of esters is 1. The minimum absolute atomic E-state index is 0.0812. The Morgan fingerprint density at radius 2 is 1.45 bits per heavy atom. The molecule has 44 heavy (non-hydrogen) atoms. The molecule has 0 amide bonds. The van der Waals surface area contributed by atoms with E-state index in [4.69, 9.17) is 9.16 Å². The summed E-state index contributed by atoms with van der Waals surface area (Å²) in [7, 11) is -0.524. The second-order valence-electron chi connectivity index (χ2n) is 15.3. The first kappa shape index (κ1) is 38.0. The van der Waals surface area contributed by atoms with Crippen molar-refractivity contribution in [2.24, 2.45) is 5.41 Å². The monoisotopic (exact) mass is 626 g/mol. The first-order valence-electron chi connectivity index (χ1n) is 16.6. The number of hydrogen-bond acceptors (Lipinski definition) is 5. The number of hydrogen-bond donors (Lipinski definition) is 1. The van der Waals surface area contributed by atoms with Gasteiger partial charge in [0.1, 0.15) is 12.4 Å². The summed E-state index contributed by atoms with van der Waals surface area (Å²) in [5.41, 5.74) is 6.38. The van der Waals surface area contributed by atoms with Crippen LogP contribution in [0, 0.1) is 19.3 Å². The van der Waals surface area contributed by atoms with E-state index in [1.807, 2.05) is 6.07 Å². The molecule has 0 aromatic heterocycles. The van der Waals surface area contributed by atoms with Crippen LogP contribution in [0.3, 0.4) is 0 Å². The number of carbonyl (C=O) groups excluding carboxylic acids is 1. The summed E-state index contributed by atoms with van der Waals surface area (Å²) in [6.07, 6.45) is 3.97. The second kappa shape index (κ2) is 15.4. The highest BCUT2D eigenvalue weighted by molar-refractivity contribution is 6.74. The van der Waals surface area contributed by atoms with Crippen molar-refractivity contribution >= 4 is 14.3 Å². The minimum Gasteiger partial charge on any atom is -0.491 e. The van der Waals surface area contributed by atoms with Gasteiger partial charge in [0.2, 0.25) is 0 Å². The SMILES string of the molecule is CCC(CC)(c1ccc(CCC(O[Si](C)(C)C(C)(C)C)C(C)(C)C)c(C)c1)c1ccc(OC[C@@H](O)CCC(=O)OC)c(C)c1. The number of aliphatic hydroxyl groups excluding tert-OH is 1. The number of aliphatic hydroxyl groups is 1. The fourth-order valence-electron chi connectivity index (χ4n) is 5.76. The van der Waals surface area contributed by atoms with Crippen LogP contribution in [0.15, 0.2) is 36.4 Å². The van der Waals surface area contributed by atoms with E-state index in [2.05, 4.69) is 117 Å². The predicted molar refractivity (Wildman–Crippen MR) is 186 cm³/mol. The smallest absolute Gasteiger partial charge is 0.305 e. The van der Waals surface area contributed by atoms with Gasteiger partial charge in [-0.15, -0.1) is 0 Å². The summed E-state index contributed by atoms with van der Waals surface area (Å²) in [5, 5.41) is 10.4. The van der Waals surface area contributed by atoms with Crippen LogP contribution in [0.5, 0.6) is 5.75 Å². The van der Waals surface area contributed by atoms with Gasteiger partial charge in [0.15, 0.2) is 8.32 Å². The molecule has 0 aliphatic carbocycles. The van der Waals surface area contributed by atoms with E-state index in [0.29, 0.717) is 6.42 Å². The summed E-state index contributed by atoms with van der Waals surface area (Å²) in [6, 6.07) is 13.5. The lowest BCUT2D eigenvalue weighted by Gasteiger charge is -2.43. The molecule has 0 fully saturated rings. The van der Waals surface area contributed by atoms with E-state index in [1.54, 1.807) is 0 Å². The molecule has 1 N–H and O–H groups in total. The van der Waals surface area contributed by atoms with Gasteiger partial charge in [0.25, 0.3) is 0 Å². The number of methoxy groups -OCH3 is 1. The number of rotatable bonds is 15. The van der Waals surface area contributed by atoms with Gasteiger partial charge in [-0.25, -0.2) is 0 Å². The lowest BCUT2D eigenvalue weighted by molar-refractivity contribution is -0.141. The van der Waals surface area contributed by atoms with Gasteiger partial charge in [0.05, 0.1) is 19.3 Å². The van der Waals surface area contributed by atoms with Crippen LogP contribution in [-0.4, -0.2) is 45.3 Å². The zero-order valence-corrected chi connectivity index (χ0v) is 31.1. The molecule has 0 spiro atoms. The molecule has 2 atom stereocenters. The molecule has 1 unspecified atom stereocenters. The van der Waals surface area contributed by atoms with Crippen molar-refractivity contribution < 1.29 is 23.8 Å². The molecule has 0 aliphatic rings. The van der Waals surface area contributed by atoms with E-state index in [1.165, 1.54) is 29.4 Å². The molecule has 0 radical (unpaired) electrons. The Bertz CT molecular complexity index is 1220. The molecule has 0 saturated carbocycles. The quantitative estimate of drug-likeness (QED) is 0.158. The second-order valence-corrected chi connectivity index (χ2v) is 20.0. The zero-order chi connectivity index (χ0) is 33.5. The van der Waals surface area contributed by atoms with Crippen LogP contribution in [0.4, 0.5) is 0 Å². The minimum atomic E-state index is -1.88. The van der Waals surface area contributed by atoms with E-state index < -0.39 is 14.4 Å². The Kier molecular flexibility index (Phi) is 13.3. The zero-order valence-electron chi connectivity index (χ0n) is 30.1. The maximum atomic E-state index is 11.4. The lowest BCUT2D eigenvalue weighted by atomic mass is 9.69. The van der Waals surface area contributed by atoms with Crippen molar-refractivity contribution in [2.45, 2.75) is 144 Å². The largest absolute Gasteiger partial charge is 0.491 e. The van der Waals surface area contributed by atoms with Crippen LogP contribution in [0.2, 0.25) is 18.1 Å². The van der Waals surface area contributed by atoms with Crippen LogP contribution in [-0.2, 0) is 25.8 Å². The van der Waals surface area contributed by atoms with Gasteiger partial charge in [-0.1, -0.05) is 85.7 Å². The lowest BCUT2D eigenvalue weighted by Crippen LogP contribution is -2.47. The Morgan fingerprint density at radius 1 is 0.886 bits per heavy atom. The highest BCUT2D eigenvalue weighted by atomic mass is 28.4. The molecule has 2 aromatic carbocycles. The van der Waals surface area contributed by atoms with Gasteiger partial charge in [-0.2, -0.15) is 0 Å². The maximum absolute atomic E-state index is 11.4. The number of aryl methyl sites for hydroxylation is 3. The summed E-state index contributed by atoms with van der Waals surface area (Å²) in [4.78, 5) is 11.4. The third-order valence-corrected chi connectivity index (χ3v) is 14.5. The molecule has 0 saturated heterocycles. The number of carbonyl (C=O) groups is 1. The molecule has 6 heteroatoms. The standard InChI is InChI=1S/C38H62O5Si/c1-14-38(15-2,31-19-21-33(28(4)25-31)42-26-32(39)20-23-35(40)41-11)30-18-16-29(27(3)24-30)17-22-34(36(5,6)7)43-44(12,13)37(8,9)10/h16,18-19,21,24-25,32,34,39H,14-15,17,20,22-23,26H2,1-13H3/t32-,34?/m0/s1. The number of benzene rings is 2. The van der Waals surface area contributed by atoms with E-state index in [-0.39, 0.29) is 41.0 Å². The van der Waals surface area contributed by atoms with Crippen molar-refractivity contribution in [2.75, 3.05) is 13.7 Å². The molecule has 0 aliphatic heterocycles. The Balaban J connectivity index is 2.25.